The normalized spacial score (nSPS) is 12.2. The van der Waals surface area contributed by atoms with Crippen molar-refractivity contribution in [2.45, 2.75) is 109 Å². The van der Waals surface area contributed by atoms with Crippen molar-refractivity contribution in [1.82, 2.24) is 0 Å². The third-order valence-corrected chi connectivity index (χ3v) is 21.2. The van der Waals surface area contributed by atoms with Crippen LogP contribution in [0.4, 0.5) is 0 Å². The molecule has 4 nitrogen and oxygen atoms in total. The second-order valence-electron chi connectivity index (χ2n) is 24.7. The van der Waals surface area contributed by atoms with Crippen LogP contribution in [0, 0.1) is 0 Å². The van der Waals surface area contributed by atoms with Gasteiger partial charge in [-0.1, -0.05) is 206 Å². The van der Waals surface area contributed by atoms with Gasteiger partial charge in [-0.25, -0.2) is 0 Å². The standard InChI is InChI=1S/C82H102N4/c1-13-83(14-2,15-3)59-63-35-43-67(44-36-63)75-55-57-77(69-47-39-65(40-48-69)61-85(19-7,20-8)21-9)81(79(75)71-31-27-25-28-32-71)73-51-53-74(54-52-73)82-78(70-49-41-66(42-50-70)62-86(22-10,23-11)24-12)58-56-76(80(82)72-33-29-26-30-34-72)68-45-37-64(38-46-68)60-84(16-4,17-5)18-6/h25-58H,13-24,59-62H2,1-12H3/q+4. The first-order valence-corrected chi connectivity index (χ1v) is 33.2. The second-order valence-corrected chi connectivity index (χ2v) is 24.7. The van der Waals surface area contributed by atoms with Crippen LogP contribution in [0.3, 0.4) is 0 Å². The van der Waals surface area contributed by atoms with E-state index in [4.69, 9.17) is 0 Å². The van der Waals surface area contributed by atoms with Crippen LogP contribution in [-0.2, 0) is 26.2 Å². The zero-order chi connectivity index (χ0) is 60.9. The quantitative estimate of drug-likeness (QED) is 0.0429. The number of nitrogens with zero attached hydrogens (tertiary/aromatic N) is 4. The maximum Gasteiger partial charge on any atom is 0.104 e. The molecule has 9 aromatic rings. The van der Waals surface area contributed by atoms with Crippen molar-refractivity contribution < 1.29 is 17.9 Å². The Morgan fingerprint density at radius 1 is 0.174 bits per heavy atom. The molecule has 0 saturated carbocycles. The lowest BCUT2D eigenvalue weighted by atomic mass is 9.81. The van der Waals surface area contributed by atoms with Crippen LogP contribution in [0.2, 0.25) is 0 Å². The molecule has 0 amide bonds. The number of quaternary nitrogens is 4. The monoisotopic (exact) mass is 1140 g/mol. The molecule has 0 fully saturated rings. The van der Waals surface area contributed by atoms with Gasteiger partial charge >= 0.3 is 0 Å². The Morgan fingerprint density at radius 3 is 0.512 bits per heavy atom. The van der Waals surface area contributed by atoms with Crippen molar-refractivity contribution in [1.29, 1.82) is 0 Å². The molecule has 0 aromatic heterocycles. The van der Waals surface area contributed by atoms with Gasteiger partial charge in [0.15, 0.2) is 0 Å². The predicted molar refractivity (Wildman–Crippen MR) is 372 cm³/mol. The molecule has 0 aliphatic carbocycles. The first kappa shape index (κ1) is 63.3. The Labute approximate surface area is 520 Å². The molecule has 9 rings (SSSR count). The third-order valence-electron chi connectivity index (χ3n) is 21.2. The summed E-state index contributed by atoms with van der Waals surface area (Å²) in [5.41, 5.74) is 25.3. The fourth-order valence-corrected chi connectivity index (χ4v) is 14.1. The summed E-state index contributed by atoms with van der Waals surface area (Å²) >= 11 is 0. The highest BCUT2D eigenvalue weighted by Gasteiger charge is 2.28. The van der Waals surface area contributed by atoms with E-state index in [1.54, 1.807) is 0 Å². The van der Waals surface area contributed by atoms with Gasteiger partial charge in [-0.3, -0.25) is 0 Å². The van der Waals surface area contributed by atoms with Gasteiger partial charge in [-0.2, -0.15) is 0 Å². The zero-order valence-electron chi connectivity index (χ0n) is 54.7. The van der Waals surface area contributed by atoms with E-state index in [0.717, 1.165) is 123 Å². The molecule has 86 heavy (non-hydrogen) atoms. The maximum atomic E-state index is 2.43. The van der Waals surface area contributed by atoms with Crippen molar-refractivity contribution in [3.8, 4) is 89.0 Å². The molecule has 446 valence electrons. The smallest absolute Gasteiger partial charge is 0.104 e. The average molecular weight is 1140 g/mol. The van der Waals surface area contributed by atoms with Crippen molar-refractivity contribution in [3.05, 3.63) is 229 Å². The molecule has 0 aliphatic rings. The zero-order valence-corrected chi connectivity index (χ0v) is 54.7. The SMILES string of the molecule is CC[N+](CC)(CC)Cc1ccc(-c2ccc(-c3ccc(C[N+](CC)(CC)CC)cc3)c(-c3ccc(-c4c(-c5ccc(C[N+](CC)(CC)CC)cc5)ccc(-c5ccc(C[N+](CC)(CC)CC)cc5)c4-c4ccccc4)cc3)c2-c2ccccc2)cc1. The molecule has 4 heteroatoms. The van der Waals surface area contributed by atoms with Crippen LogP contribution >= 0.6 is 0 Å². The van der Waals surface area contributed by atoms with Crippen LogP contribution in [0.1, 0.15) is 105 Å². The van der Waals surface area contributed by atoms with Gasteiger partial charge < -0.3 is 17.9 Å². The van der Waals surface area contributed by atoms with Gasteiger partial charge in [0, 0.05) is 22.3 Å². The largest absolute Gasteiger partial charge is 0.321 e. The molecule has 9 aromatic carbocycles. The summed E-state index contributed by atoms with van der Waals surface area (Å²) < 4.78 is 4.34. The van der Waals surface area contributed by atoms with E-state index >= 15 is 0 Å². The van der Waals surface area contributed by atoms with Crippen LogP contribution in [0.25, 0.3) is 89.0 Å². The predicted octanol–water partition coefficient (Wildman–Crippen LogP) is 20.5. The molecule has 0 unspecified atom stereocenters. The molecule has 0 heterocycles. The van der Waals surface area contributed by atoms with Gasteiger partial charge in [-0.05, 0) is 172 Å². The van der Waals surface area contributed by atoms with Gasteiger partial charge in [0.1, 0.15) is 26.2 Å². The molecule has 0 atom stereocenters. The van der Waals surface area contributed by atoms with E-state index in [1.165, 1.54) is 111 Å². The Kier molecular flexibility index (Phi) is 21.0. The minimum absolute atomic E-state index is 1.04. The first-order valence-electron chi connectivity index (χ1n) is 33.2. The van der Waals surface area contributed by atoms with Gasteiger partial charge in [0.25, 0.3) is 0 Å². The molecule has 0 radical (unpaired) electrons. The summed E-state index contributed by atoms with van der Waals surface area (Å²) in [6, 6.07) is 79.9. The third kappa shape index (κ3) is 13.5. The molecule has 0 N–H and O–H groups in total. The Morgan fingerprint density at radius 2 is 0.337 bits per heavy atom. The number of hydrogen-bond acceptors (Lipinski definition) is 0. The molecule has 0 saturated heterocycles. The topological polar surface area (TPSA) is 0 Å². The first-order chi connectivity index (χ1) is 41.9. The minimum atomic E-state index is 1.04. The maximum absolute atomic E-state index is 2.43. The molecular formula is C82H102N4+4. The van der Waals surface area contributed by atoms with Crippen molar-refractivity contribution in [3.63, 3.8) is 0 Å². The minimum Gasteiger partial charge on any atom is -0.321 e. The summed E-state index contributed by atoms with van der Waals surface area (Å²) in [4.78, 5) is 0. The van der Waals surface area contributed by atoms with Crippen molar-refractivity contribution >= 4 is 0 Å². The number of hydrogen-bond donors (Lipinski definition) is 0. The Bertz CT molecular complexity index is 3290. The van der Waals surface area contributed by atoms with E-state index < -0.39 is 0 Å². The lowest BCUT2D eigenvalue weighted by Crippen LogP contribution is -2.46. The molecular weight excluding hydrogens is 1040 g/mol. The van der Waals surface area contributed by atoms with Crippen LogP contribution in [0.5, 0.6) is 0 Å². The second kappa shape index (κ2) is 28.6. The molecule has 0 bridgehead atoms. The summed E-state index contributed by atoms with van der Waals surface area (Å²) in [7, 11) is 0. The van der Waals surface area contributed by atoms with E-state index in [2.05, 4.69) is 289 Å². The fourth-order valence-electron chi connectivity index (χ4n) is 14.1. The molecule has 0 spiro atoms. The Hall–Kier alpha value is -7.18. The van der Waals surface area contributed by atoms with Crippen molar-refractivity contribution in [2.24, 2.45) is 0 Å². The van der Waals surface area contributed by atoms with Crippen LogP contribution in [-0.4, -0.2) is 96.5 Å². The highest BCUT2D eigenvalue weighted by molar-refractivity contribution is 6.04. The van der Waals surface area contributed by atoms with Crippen LogP contribution < -0.4 is 0 Å². The summed E-state index contributed by atoms with van der Waals surface area (Å²) in [6.07, 6.45) is 0. The average Bonchev–Trinajstić information content (AvgIpc) is 1.27. The Balaban J connectivity index is 1.27. The fraction of sp³-hybridized carbons (Fsp3) is 0.341. The highest BCUT2D eigenvalue weighted by atomic mass is 15.4. The summed E-state index contributed by atoms with van der Waals surface area (Å²) in [5.74, 6) is 0. The summed E-state index contributed by atoms with van der Waals surface area (Å²) in [6.45, 7) is 45.8. The molecule has 0 aliphatic heterocycles. The number of benzene rings is 9. The highest BCUT2D eigenvalue weighted by Crippen LogP contribution is 2.49. The number of rotatable bonds is 28. The van der Waals surface area contributed by atoms with E-state index in [1.807, 2.05) is 0 Å². The summed E-state index contributed by atoms with van der Waals surface area (Å²) in [5, 5.41) is 0. The van der Waals surface area contributed by atoms with Crippen molar-refractivity contribution in [2.75, 3.05) is 78.5 Å². The van der Waals surface area contributed by atoms with E-state index in [-0.39, 0.29) is 0 Å². The van der Waals surface area contributed by atoms with E-state index in [0.29, 0.717) is 0 Å². The van der Waals surface area contributed by atoms with E-state index in [9.17, 15) is 0 Å². The lowest BCUT2D eigenvalue weighted by Gasteiger charge is -2.36. The van der Waals surface area contributed by atoms with Gasteiger partial charge in [0.05, 0.1) is 78.5 Å². The lowest BCUT2D eigenvalue weighted by molar-refractivity contribution is -0.936. The van der Waals surface area contributed by atoms with Crippen LogP contribution in [0.15, 0.2) is 206 Å². The van der Waals surface area contributed by atoms with Gasteiger partial charge in [-0.15, -0.1) is 0 Å². The van der Waals surface area contributed by atoms with Gasteiger partial charge in [0.2, 0.25) is 0 Å².